The van der Waals surface area contributed by atoms with Crippen molar-refractivity contribution in [2.24, 2.45) is 0 Å². The summed E-state index contributed by atoms with van der Waals surface area (Å²) >= 11 is 0. The second-order valence-electron chi connectivity index (χ2n) is 6.77. The van der Waals surface area contributed by atoms with Crippen LogP contribution in [0.4, 0.5) is 0 Å². The Hall–Kier alpha value is -2.70. The van der Waals surface area contributed by atoms with Crippen LogP contribution in [0.15, 0.2) is 24.3 Å². The fourth-order valence-electron chi connectivity index (χ4n) is 3.55. The van der Waals surface area contributed by atoms with Crippen LogP contribution in [-0.2, 0) is 9.59 Å². The van der Waals surface area contributed by atoms with Gasteiger partial charge in [0.2, 0.25) is 11.8 Å². The van der Waals surface area contributed by atoms with Gasteiger partial charge < -0.3 is 10.2 Å². The van der Waals surface area contributed by atoms with E-state index in [1.54, 1.807) is 29.2 Å². The highest BCUT2D eigenvalue weighted by Gasteiger charge is 2.34. The van der Waals surface area contributed by atoms with E-state index in [0.717, 1.165) is 12.8 Å². The standard InChI is InChI=1S/C19H23N3O4/c1-13(23)20-14-8-11-21(12-9-14)17(24)7-4-10-22-18(25)15-5-2-3-6-16(15)19(22)26/h2-3,5-6,14H,4,7-12H2,1H3,(H,20,23). The molecule has 0 radical (unpaired) electrons. The van der Waals surface area contributed by atoms with E-state index < -0.39 is 0 Å². The molecule has 0 spiro atoms. The molecule has 2 aliphatic heterocycles. The summed E-state index contributed by atoms with van der Waals surface area (Å²) in [5.74, 6) is -0.582. The number of carbonyl (C=O) groups is 4. The molecule has 2 heterocycles. The van der Waals surface area contributed by atoms with Crippen molar-refractivity contribution >= 4 is 23.6 Å². The third kappa shape index (κ3) is 3.76. The Bertz CT molecular complexity index is 703. The van der Waals surface area contributed by atoms with Crippen LogP contribution < -0.4 is 5.32 Å². The van der Waals surface area contributed by atoms with Gasteiger partial charge in [-0.2, -0.15) is 0 Å². The van der Waals surface area contributed by atoms with E-state index in [1.807, 2.05) is 0 Å². The van der Waals surface area contributed by atoms with Crippen molar-refractivity contribution in [3.05, 3.63) is 35.4 Å². The van der Waals surface area contributed by atoms with Gasteiger partial charge in [-0.1, -0.05) is 12.1 Å². The third-order valence-electron chi connectivity index (χ3n) is 4.91. The van der Waals surface area contributed by atoms with E-state index in [0.29, 0.717) is 37.1 Å². The molecule has 1 fully saturated rings. The lowest BCUT2D eigenvalue weighted by Gasteiger charge is -2.32. The first-order valence-corrected chi connectivity index (χ1v) is 8.97. The van der Waals surface area contributed by atoms with Gasteiger partial charge in [0.25, 0.3) is 11.8 Å². The summed E-state index contributed by atoms with van der Waals surface area (Å²) in [6.45, 7) is 2.99. The summed E-state index contributed by atoms with van der Waals surface area (Å²) in [6.07, 6.45) is 2.27. The van der Waals surface area contributed by atoms with Crippen molar-refractivity contribution in [2.45, 2.75) is 38.6 Å². The number of carbonyl (C=O) groups excluding carboxylic acids is 4. The molecule has 0 bridgehead atoms. The molecule has 3 rings (SSSR count). The highest BCUT2D eigenvalue weighted by Crippen LogP contribution is 2.22. The van der Waals surface area contributed by atoms with E-state index in [1.165, 1.54) is 11.8 Å². The molecular formula is C19H23N3O4. The van der Waals surface area contributed by atoms with Crippen LogP contribution in [0.25, 0.3) is 0 Å². The van der Waals surface area contributed by atoms with Crippen LogP contribution >= 0.6 is 0 Å². The average molecular weight is 357 g/mol. The molecule has 138 valence electrons. The molecule has 1 N–H and O–H groups in total. The minimum Gasteiger partial charge on any atom is -0.353 e. The number of amides is 4. The number of fused-ring (bicyclic) bond motifs is 1. The zero-order chi connectivity index (χ0) is 18.7. The number of imide groups is 1. The Kier molecular flexibility index (Phi) is 5.35. The zero-order valence-corrected chi connectivity index (χ0v) is 14.9. The molecule has 4 amide bonds. The number of hydrogen-bond donors (Lipinski definition) is 1. The fraction of sp³-hybridized carbons (Fsp3) is 0.474. The predicted octanol–water partition coefficient (Wildman–Crippen LogP) is 1.19. The highest BCUT2D eigenvalue weighted by atomic mass is 16.2. The smallest absolute Gasteiger partial charge is 0.261 e. The Morgan fingerprint density at radius 2 is 1.65 bits per heavy atom. The molecule has 0 saturated carbocycles. The summed E-state index contributed by atoms with van der Waals surface area (Å²) in [5, 5.41) is 2.88. The van der Waals surface area contributed by atoms with Gasteiger partial charge in [-0.15, -0.1) is 0 Å². The van der Waals surface area contributed by atoms with Crippen LogP contribution in [-0.4, -0.2) is 59.1 Å². The number of rotatable bonds is 5. The van der Waals surface area contributed by atoms with Crippen molar-refractivity contribution in [1.82, 2.24) is 15.1 Å². The van der Waals surface area contributed by atoms with Gasteiger partial charge in [-0.05, 0) is 31.4 Å². The molecule has 2 aliphatic rings. The Morgan fingerprint density at radius 1 is 1.08 bits per heavy atom. The Morgan fingerprint density at radius 3 is 2.19 bits per heavy atom. The van der Waals surface area contributed by atoms with Crippen LogP contribution in [0.1, 0.15) is 53.3 Å². The van der Waals surface area contributed by atoms with E-state index in [4.69, 9.17) is 0 Å². The molecule has 0 atom stereocenters. The molecule has 1 saturated heterocycles. The largest absolute Gasteiger partial charge is 0.353 e. The van der Waals surface area contributed by atoms with Crippen LogP contribution in [0.3, 0.4) is 0 Å². The maximum absolute atomic E-state index is 12.3. The summed E-state index contributed by atoms with van der Waals surface area (Å²) in [6, 6.07) is 6.92. The van der Waals surface area contributed by atoms with Crippen LogP contribution in [0.2, 0.25) is 0 Å². The highest BCUT2D eigenvalue weighted by molar-refractivity contribution is 6.21. The molecular weight excluding hydrogens is 334 g/mol. The predicted molar refractivity (Wildman–Crippen MR) is 94.5 cm³/mol. The van der Waals surface area contributed by atoms with Crippen molar-refractivity contribution in [1.29, 1.82) is 0 Å². The lowest BCUT2D eigenvalue weighted by Crippen LogP contribution is -2.46. The maximum Gasteiger partial charge on any atom is 0.261 e. The summed E-state index contributed by atoms with van der Waals surface area (Å²) in [4.78, 5) is 51.0. The molecule has 0 unspecified atom stereocenters. The fourth-order valence-corrected chi connectivity index (χ4v) is 3.55. The first-order chi connectivity index (χ1) is 12.5. The second-order valence-corrected chi connectivity index (χ2v) is 6.77. The minimum atomic E-state index is -0.283. The minimum absolute atomic E-state index is 0.0304. The Balaban J connectivity index is 1.44. The first kappa shape index (κ1) is 18.1. The number of nitrogens with one attached hydrogen (secondary N) is 1. The van der Waals surface area contributed by atoms with Crippen molar-refractivity contribution in [3.63, 3.8) is 0 Å². The monoisotopic (exact) mass is 357 g/mol. The van der Waals surface area contributed by atoms with E-state index in [9.17, 15) is 19.2 Å². The van der Waals surface area contributed by atoms with E-state index in [2.05, 4.69) is 5.32 Å². The van der Waals surface area contributed by atoms with Crippen molar-refractivity contribution < 1.29 is 19.2 Å². The van der Waals surface area contributed by atoms with Crippen LogP contribution in [0, 0.1) is 0 Å². The van der Waals surface area contributed by atoms with Crippen molar-refractivity contribution in [3.8, 4) is 0 Å². The van der Waals surface area contributed by atoms with E-state index >= 15 is 0 Å². The maximum atomic E-state index is 12.3. The van der Waals surface area contributed by atoms with Gasteiger partial charge in [-0.25, -0.2) is 0 Å². The molecule has 0 aromatic heterocycles. The van der Waals surface area contributed by atoms with Gasteiger partial charge in [-0.3, -0.25) is 24.1 Å². The summed E-state index contributed by atoms with van der Waals surface area (Å²) in [5.41, 5.74) is 0.868. The summed E-state index contributed by atoms with van der Waals surface area (Å²) < 4.78 is 0. The number of hydrogen-bond acceptors (Lipinski definition) is 4. The molecule has 1 aromatic rings. The second kappa shape index (κ2) is 7.68. The molecule has 7 nitrogen and oxygen atoms in total. The molecule has 1 aromatic carbocycles. The van der Waals surface area contributed by atoms with Gasteiger partial charge in [0.05, 0.1) is 11.1 Å². The first-order valence-electron chi connectivity index (χ1n) is 8.97. The molecule has 26 heavy (non-hydrogen) atoms. The molecule has 0 aliphatic carbocycles. The quantitative estimate of drug-likeness (QED) is 0.802. The number of benzene rings is 1. The van der Waals surface area contributed by atoms with Gasteiger partial charge in [0, 0.05) is 39.0 Å². The number of likely N-dealkylation sites (tertiary alicyclic amines) is 1. The topological polar surface area (TPSA) is 86.8 Å². The summed E-state index contributed by atoms with van der Waals surface area (Å²) in [7, 11) is 0. The normalized spacial score (nSPS) is 17.4. The van der Waals surface area contributed by atoms with Gasteiger partial charge in [0.15, 0.2) is 0 Å². The molecule has 7 heteroatoms. The lowest BCUT2D eigenvalue weighted by molar-refractivity contribution is -0.132. The third-order valence-corrected chi connectivity index (χ3v) is 4.91. The average Bonchev–Trinajstić information content (AvgIpc) is 2.87. The van der Waals surface area contributed by atoms with Crippen molar-refractivity contribution in [2.75, 3.05) is 19.6 Å². The Labute approximate surface area is 152 Å². The lowest BCUT2D eigenvalue weighted by atomic mass is 10.0. The van der Waals surface area contributed by atoms with Gasteiger partial charge in [0.1, 0.15) is 0 Å². The number of piperidine rings is 1. The van der Waals surface area contributed by atoms with E-state index in [-0.39, 0.29) is 36.2 Å². The van der Waals surface area contributed by atoms with Crippen LogP contribution in [0.5, 0.6) is 0 Å². The van der Waals surface area contributed by atoms with Gasteiger partial charge >= 0.3 is 0 Å². The zero-order valence-electron chi connectivity index (χ0n) is 14.9. The SMILES string of the molecule is CC(=O)NC1CCN(C(=O)CCCN2C(=O)c3ccccc3C2=O)CC1. The number of nitrogens with zero attached hydrogens (tertiary/aromatic N) is 2.